The lowest BCUT2D eigenvalue weighted by molar-refractivity contribution is -0.149. The summed E-state index contributed by atoms with van der Waals surface area (Å²) in [5.74, 6) is -3.06. The van der Waals surface area contributed by atoms with Crippen molar-refractivity contribution in [3.63, 3.8) is 0 Å². The fourth-order valence-corrected chi connectivity index (χ4v) is 0.559. The molecule has 0 saturated carbocycles. The minimum atomic E-state index is -1.56. The Balaban J connectivity index is 4.22. The second-order valence-corrected chi connectivity index (χ2v) is 2.89. The molecule has 1 N–H and O–H groups in total. The van der Waals surface area contributed by atoms with Gasteiger partial charge < -0.3 is 5.11 Å². The van der Waals surface area contributed by atoms with Gasteiger partial charge >= 0.3 is 5.97 Å². The highest BCUT2D eigenvalue weighted by molar-refractivity contribution is 14.1. The number of ketones is 2. The van der Waals surface area contributed by atoms with Gasteiger partial charge in [-0.3, -0.25) is 9.59 Å². The molecule has 0 aromatic heterocycles. The standard InChI is InChI=1S/C5H5IO4/c1-2(7)3(6)4(8)5(9)10/h3H,1H3,(H,9,10). The predicted molar refractivity (Wildman–Crippen MR) is 41.1 cm³/mol. The minimum Gasteiger partial charge on any atom is -0.475 e. The number of hydrogen-bond donors (Lipinski definition) is 1. The van der Waals surface area contributed by atoms with E-state index in [4.69, 9.17) is 5.11 Å². The first-order valence-corrected chi connectivity index (χ1v) is 3.63. The molecule has 0 spiro atoms. The third kappa shape index (κ3) is 2.42. The van der Waals surface area contributed by atoms with E-state index in [1.807, 2.05) is 0 Å². The number of alkyl halides is 1. The van der Waals surface area contributed by atoms with Gasteiger partial charge in [0.1, 0.15) is 3.92 Å². The van der Waals surface area contributed by atoms with E-state index < -0.39 is 21.5 Å². The van der Waals surface area contributed by atoms with Gasteiger partial charge in [-0.05, 0) is 6.92 Å². The molecule has 1 unspecified atom stereocenters. The summed E-state index contributed by atoms with van der Waals surface area (Å²) in [6, 6.07) is 0. The fraction of sp³-hybridized carbons (Fsp3) is 0.400. The first-order chi connectivity index (χ1) is 4.46. The highest BCUT2D eigenvalue weighted by atomic mass is 127. The maximum atomic E-state index is 10.5. The van der Waals surface area contributed by atoms with E-state index in [-0.39, 0.29) is 0 Å². The highest BCUT2D eigenvalue weighted by Crippen LogP contribution is 2.02. The molecule has 0 heterocycles. The number of halogens is 1. The van der Waals surface area contributed by atoms with Crippen molar-refractivity contribution in [3.8, 4) is 0 Å². The van der Waals surface area contributed by atoms with E-state index in [0.29, 0.717) is 0 Å². The number of Topliss-reactive ketones (excluding diaryl/α,β-unsaturated/α-hetero) is 2. The summed E-state index contributed by atoms with van der Waals surface area (Å²) in [4.78, 5) is 30.8. The molecule has 0 aliphatic rings. The van der Waals surface area contributed by atoms with E-state index >= 15 is 0 Å². The maximum Gasteiger partial charge on any atom is 0.373 e. The number of carbonyl (C=O) groups excluding carboxylic acids is 2. The number of carbonyl (C=O) groups is 3. The average molecular weight is 256 g/mol. The van der Waals surface area contributed by atoms with Crippen LogP contribution >= 0.6 is 22.6 Å². The molecular formula is C5H5IO4. The van der Waals surface area contributed by atoms with E-state index in [9.17, 15) is 14.4 Å². The molecule has 0 amide bonds. The molecule has 0 aromatic carbocycles. The van der Waals surface area contributed by atoms with Crippen LogP contribution in [0.3, 0.4) is 0 Å². The quantitative estimate of drug-likeness (QED) is 0.335. The molecule has 0 rings (SSSR count). The van der Waals surface area contributed by atoms with Gasteiger partial charge in [-0.2, -0.15) is 0 Å². The molecule has 5 heteroatoms. The lowest BCUT2D eigenvalue weighted by atomic mass is 10.2. The van der Waals surface area contributed by atoms with Crippen molar-refractivity contribution >= 4 is 40.1 Å². The third-order valence-corrected chi connectivity index (χ3v) is 2.24. The lowest BCUT2D eigenvalue weighted by Crippen LogP contribution is -2.28. The maximum absolute atomic E-state index is 10.5. The number of carboxylic acid groups (broad SMARTS) is 1. The van der Waals surface area contributed by atoms with Crippen LogP contribution in [0.15, 0.2) is 0 Å². The Morgan fingerprint density at radius 2 is 1.80 bits per heavy atom. The van der Waals surface area contributed by atoms with Gasteiger partial charge in [0.2, 0.25) is 0 Å². The predicted octanol–water partition coefficient (Wildman–Crippen LogP) is 0.0327. The second-order valence-electron chi connectivity index (χ2n) is 1.64. The molecule has 0 aromatic rings. The number of rotatable bonds is 3. The van der Waals surface area contributed by atoms with Gasteiger partial charge in [0.15, 0.2) is 5.78 Å². The Labute approximate surface area is 70.7 Å². The Bertz CT molecular complexity index is 186. The molecule has 4 nitrogen and oxygen atoms in total. The molecule has 0 saturated heterocycles. The van der Waals surface area contributed by atoms with Crippen molar-refractivity contribution in [2.24, 2.45) is 0 Å². The number of hydrogen-bond acceptors (Lipinski definition) is 3. The largest absolute Gasteiger partial charge is 0.475 e. The molecule has 56 valence electrons. The highest BCUT2D eigenvalue weighted by Gasteiger charge is 2.25. The summed E-state index contributed by atoms with van der Waals surface area (Å²) in [7, 11) is 0. The summed E-state index contributed by atoms with van der Waals surface area (Å²) in [6.45, 7) is 1.18. The van der Waals surface area contributed by atoms with Crippen LogP contribution in [0.5, 0.6) is 0 Å². The zero-order valence-corrected chi connectivity index (χ0v) is 7.28. The minimum absolute atomic E-state index is 0.437. The van der Waals surface area contributed by atoms with Crippen molar-refractivity contribution < 1.29 is 19.5 Å². The SMILES string of the molecule is CC(=O)C(I)C(=O)C(=O)O. The summed E-state index contributed by atoms with van der Waals surface area (Å²) in [6.07, 6.45) is 0. The lowest BCUT2D eigenvalue weighted by Gasteiger charge is -1.97. The first-order valence-electron chi connectivity index (χ1n) is 2.38. The zero-order chi connectivity index (χ0) is 8.31. The Morgan fingerprint density at radius 1 is 1.40 bits per heavy atom. The normalized spacial score (nSPS) is 12.2. The van der Waals surface area contributed by atoms with Crippen LogP contribution in [0, 0.1) is 0 Å². The van der Waals surface area contributed by atoms with Crippen LogP contribution in [0.25, 0.3) is 0 Å². The molecule has 0 radical (unpaired) electrons. The smallest absolute Gasteiger partial charge is 0.373 e. The van der Waals surface area contributed by atoms with Gasteiger partial charge in [-0.1, -0.05) is 22.6 Å². The molecule has 0 aliphatic heterocycles. The second kappa shape index (κ2) is 3.65. The Morgan fingerprint density at radius 3 is 1.90 bits per heavy atom. The summed E-state index contributed by atoms with van der Waals surface area (Å²) in [5, 5.41) is 8.09. The van der Waals surface area contributed by atoms with Crippen LogP contribution in [-0.4, -0.2) is 26.6 Å². The molecule has 0 aliphatic carbocycles. The van der Waals surface area contributed by atoms with Crippen molar-refractivity contribution in [1.82, 2.24) is 0 Å². The van der Waals surface area contributed by atoms with Crippen LogP contribution in [-0.2, 0) is 14.4 Å². The van der Waals surface area contributed by atoms with E-state index in [0.717, 1.165) is 0 Å². The molecular weight excluding hydrogens is 251 g/mol. The average Bonchev–Trinajstić information content (AvgIpc) is 1.84. The van der Waals surface area contributed by atoms with Gasteiger partial charge in [0, 0.05) is 0 Å². The fourth-order valence-electron chi connectivity index (χ4n) is 0.293. The van der Waals surface area contributed by atoms with Gasteiger partial charge in [-0.15, -0.1) is 0 Å². The van der Waals surface area contributed by atoms with Crippen molar-refractivity contribution in [1.29, 1.82) is 0 Å². The van der Waals surface area contributed by atoms with E-state index in [1.54, 1.807) is 0 Å². The zero-order valence-electron chi connectivity index (χ0n) is 5.13. The summed E-state index contributed by atoms with van der Waals surface area (Å²) in [5.41, 5.74) is 0. The molecule has 0 fully saturated rings. The van der Waals surface area contributed by atoms with Crippen LogP contribution in [0.2, 0.25) is 0 Å². The number of carboxylic acids is 1. The van der Waals surface area contributed by atoms with E-state index in [1.165, 1.54) is 29.5 Å². The van der Waals surface area contributed by atoms with Gasteiger partial charge in [0.05, 0.1) is 0 Å². The Hall–Kier alpha value is -0.460. The third-order valence-electron chi connectivity index (χ3n) is 0.798. The van der Waals surface area contributed by atoms with Gasteiger partial charge in [-0.25, -0.2) is 4.79 Å². The molecule has 10 heavy (non-hydrogen) atoms. The first kappa shape index (κ1) is 9.54. The molecule has 1 atom stereocenters. The van der Waals surface area contributed by atoms with Gasteiger partial charge in [0.25, 0.3) is 5.78 Å². The van der Waals surface area contributed by atoms with Crippen LogP contribution in [0.4, 0.5) is 0 Å². The Kier molecular flexibility index (Phi) is 3.48. The van der Waals surface area contributed by atoms with Crippen molar-refractivity contribution in [2.45, 2.75) is 10.8 Å². The van der Waals surface area contributed by atoms with Crippen molar-refractivity contribution in [2.75, 3.05) is 0 Å². The summed E-state index contributed by atoms with van der Waals surface area (Å²) >= 11 is 1.49. The monoisotopic (exact) mass is 256 g/mol. The summed E-state index contributed by atoms with van der Waals surface area (Å²) < 4.78 is -1.05. The number of aliphatic carboxylic acids is 1. The van der Waals surface area contributed by atoms with Crippen LogP contribution in [0.1, 0.15) is 6.92 Å². The van der Waals surface area contributed by atoms with E-state index in [2.05, 4.69) is 0 Å². The topological polar surface area (TPSA) is 71.4 Å². The van der Waals surface area contributed by atoms with Crippen molar-refractivity contribution in [3.05, 3.63) is 0 Å². The van der Waals surface area contributed by atoms with Crippen LogP contribution < -0.4 is 0 Å². The molecule has 0 bridgehead atoms.